The Morgan fingerprint density at radius 2 is 1.33 bits per heavy atom. The summed E-state index contributed by atoms with van der Waals surface area (Å²) < 4.78 is 12.4. The highest BCUT2D eigenvalue weighted by molar-refractivity contribution is 5.70. The molecule has 2 aliphatic heterocycles. The Bertz CT molecular complexity index is 723. The van der Waals surface area contributed by atoms with E-state index in [4.69, 9.17) is 9.47 Å². The largest absolute Gasteiger partial charge is 0.431 e. The van der Waals surface area contributed by atoms with Crippen molar-refractivity contribution in [2.45, 2.75) is 40.5 Å². The van der Waals surface area contributed by atoms with Crippen molar-refractivity contribution < 1.29 is 9.47 Å². The van der Waals surface area contributed by atoms with Crippen LogP contribution in [0.3, 0.4) is 0 Å². The molecule has 0 aromatic heterocycles. The van der Waals surface area contributed by atoms with E-state index in [0.29, 0.717) is 0 Å². The highest BCUT2D eigenvalue weighted by atomic mass is 16.7. The SMILES string of the molecule is CC.CC.CC1=Cc2ccccc2OC12Oc1ccccc1N2C. The van der Waals surface area contributed by atoms with Crippen molar-refractivity contribution in [2.75, 3.05) is 11.9 Å². The summed E-state index contributed by atoms with van der Waals surface area (Å²) >= 11 is 0. The molecule has 2 aromatic carbocycles. The Kier molecular flexibility index (Phi) is 5.55. The molecule has 0 saturated carbocycles. The number of nitrogens with zero attached hydrogens (tertiary/aromatic N) is 1. The first-order valence-corrected chi connectivity index (χ1v) is 8.69. The van der Waals surface area contributed by atoms with Gasteiger partial charge < -0.3 is 9.47 Å². The fraction of sp³-hybridized carbons (Fsp3) is 0.333. The van der Waals surface area contributed by atoms with E-state index < -0.39 is 5.91 Å². The molecule has 24 heavy (non-hydrogen) atoms. The molecule has 128 valence electrons. The summed E-state index contributed by atoms with van der Waals surface area (Å²) in [5.41, 5.74) is 3.16. The summed E-state index contributed by atoms with van der Waals surface area (Å²) in [6, 6.07) is 16.0. The van der Waals surface area contributed by atoms with E-state index in [0.717, 1.165) is 28.3 Å². The summed E-state index contributed by atoms with van der Waals surface area (Å²) in [6.07, 6.45) is 2.13. The van der Waals surface area contributed by atoms with Crippen LogP contribution in [-0.4, -0.2) is 13.0 Å². The van der Waals surface area contributed by atoms with Gasteiger partial charge in [-0.15, -0.1) is 0 Å². The third-order valence-corrected chi connectivity index (χ3v) is 3.95. The fourth-order valence-corrected chi connectivity index (χ4v) is 2.88. The molecule has 0 fully saturated rings. The molecular formula is C21H27NO2. The second-order valence-electron chi connectivity index (χ2n) is 5.18. The molecule has 0 bridgehead atoms. The summed E-state index contributed by atoms with van der Waals surface area (Å²) in [5, 5.41) is 0. The average molecular weight is 325 g/mol. The van der Waals surface area contributed by atoms with Crippen molar-refractivity contribution in [3.63, 3.8) is 0 Å². The first-order chi connectivity index (χ1) is 11.7. The van der Waals surface area contributed by atoms with Crippen LogP contribution in [0.2, 0.25) is 0 Å². The van der Waals surface area contributed by atoms with Gasteiger partial charge in [-0.05, 0) is 31.2 Å². The molecule has 3 nitrogen and oxygen atoms in total. The fourth-order valence-electron chi connectivity index (χ4n) is 2.88. The minimum atomic E-state index is -0.863. The molecule has 0 aliphatic carbocycles. The van der Waals surface area contributed by atoms with E-state index in [-0.39, 0.29) is 0 Å². The van der Waals surface area contributed by atoms with Crippen molar-refractivity contribution >= 4 is 11.8 Å². The lowest BCUT2D eigenvalue weighted by Crippen LogP contribution is -2.54. The molecule has 0 amide bonds. The summed E-state index contributed by atoms with van der Waals surface area (Å²) in [4.78, 5) is 2.05. The highest BCUT2D eigenvalue weighted by Gasteiger charge is 2.50. The standard InChI is InChI=1S/C17H15NO2.2C2H6/c1-12-11-13-7-3-5-9-15(13)19-17(12)18(2)14-8-4-6-10-16(14)20-17;2*1-2/h3-11H,1-2H3;2*1-2H3. The minimum absolute atomic E-state index is 0.845. The van der Waals surface area contributed by atoms with Gasteiger partial charge in [-0.1, -0.05) is 58.0 Å². The molecule has 2 heterocycles. The van der Waals surface area contributed by atoms with E-state index >= 15 is 0 Å². The van der Waals surface area contributed by atoms with Crippen LogP contribution in [-0.2, 0) is 0 Å². The van der Waals surface area contributed by atoms with Crippen LogP contribution in [0.5, 0.6) is 11.5 Å². The number of fused-ring (bicyclic) bond motifs is 2. The predicted molar refractivity (Wildman–Crippen MR) is 102 cm³/mol. The Hall–Kier alpha value is -2.42. The van der Waals surface area contributed by atoms with Crippen molar-refractivity contribution in [3.8, 4) is 11.5 Å². The summed E-state index contributed by atoms with van der Waals surface area (Å²) in [7, 11) is 2.00. The summed E-state index contributed by atoms with van der Waals surface area (Å²) in [5.74, 6) is 0.831. The molecule has 0 radical (unpaired) electrons. The maximum Gasteiger partial charge on any atom is 0.363 e. The molecule has 1 atom stereocenters. The molecule has 4 rings (SSSR count). The first kappa shape index (κ1) is 17.9. The number of likely N-dealkylation sites (N-methyl/N-ethyl adjacent to an activating group) is 1. The van der Waals surface area contributed by atoms with Gasteiger partial charge in [0.1, 0.15) is 11.5 Å². The Labute approximate surface area is 145 Å². The second-order valence-corrected chi connectivity index (χ2v) is 5.18. The first-order valence-electron chi connectivity index (χ1n) is 8.69. The van der Waals surface area contributed by atoms with Crippen molar-refractivity contribution in [1.29, 1.82) is 0 Å². The maximum absolute atomic E-state index is 6.22. The van der Waals surface area contributed by atoms with Gasteiger partial charge in [0, 0.05) is 18.2 Å². The van der Waals surface area contributed by atoms with Crippen molar-refractivity contribution in [2.24, 2.45) is 0 Å². The van der Waals surface area contributed by atoms with Gasteiger partial charge in [0.25, 0.3) is 0 Å². The lowest BCUT2D eigenvalue weighted by molar-refractivity contribution is -0.0655. The Morgan fingerprint density at radius 1 is 0.792 bits per heavy atom. The third kappa shape index (κ3) is 2.75. The Balaban J connectivity index is 0.000000487. The van der Waals surface area contributed by atoms with Crippen LogP contribution >= 0.6 is 0 Å². The normalized spacial score (nSPS) is 19.4. The van der Waals surface area contributed by atoms with E-state index in [9.17, 15) is 0 Å². The topological polar surface area (TPSA) is 21.7 Å². The zero-order valence-electron chi connectivity index (χ0n) is 15.5. The molecule has 0 saturated heterocycles. The molecule has 3 heteroatoms. The van der Waals surface area contributed by atoms with Gasteiger partial charge in [-0.3, -0.25) is 4.90 Å². The van der Waals surface area contributed by atoms with Crippen LogP contribution in [0.1, 0.15) is 40.2 Å². The minimum Gasteiger partial charge on any atom is -0.431 e. The van der Waals surface area contributed by atoms with Gasteiger partial charge >= 0.3 is 5.91 Å². The van der Waals surface area contributed by atoms with Gasteiger partial charge in [0.15, 0.2) is 0 Å². The number of hydrogen-bond donors (Lipinski definition) is 0. The van der Waals surface area contributed by atoms with E-state index in [1.165, 1.54) is 0 Å². The quantitative estimate of drug-likeness (QED) is 0.618. The summed E-state index contributed by atoms with van der Waals surface area (Å²) in [6.45, 7) is 10.0. The van der Waals surface area contributed by atoms with Crippen LogP contribution in [0.4, 0.5) is 5.69 Å². The number of anilines is 1. The van der Waals surface area contributed by atoms with Gasteiger partial charge in [0.05, 0.1) is 5.69 Å². The smallest absolute Gasteiger partial charge is 0.363 e. The van der Waals surface area contributed by atoms with E-state index in [1.807, 2.05) is 95.1 Å². The molecule has 0 N–H and O–H groups in total. The number of rotatable bonds is 0. The van der Waals surface area contributed by atoms with Crippen LogP contribution < -0.4 is 14.4 Å². The van der Waals surface area contributed by atoms with E-state index in [2.05, 4.69) is 6.08 Å². The van der Waals surface area contributed by atoms with Crippen LogP contribution in [0.15, 0.2) is 54.1 Å². The molecular weight excluding hydrogens is 298 g/mol. The second kappa shape index (κ2) is 7.43. The number of ether oxygens (including phenoxy) is 2. The Morgan fingerprint density at radius 3 is 2.00 bits per heavy atom. The molecule has 1 spiro atoms. The van der Waals surface area contributed by atoms with Crippen molar-refractivity contribution in [3.05, 3.63) is 59.7 Å². The van der Waals surface area contributed by atoms with Crippen LogP contribution in [0, 0.1) is 0 Å². The number of benzene rings is 2. The molecule has 2 aliphatic rings. The zero-order chi connectivity index (χ0) is 17.7. The third-order valence-electron chi connectivity index (χ3n) is 3.95. The van der Waals surface area contributed by atoms with Crippen LogP contribution in [0.25, 0.3) is 6.08 Å². The van der Waals surface area contributed by atoms with E-state index in [1.54, 1.807) is 0 Å². The van der Waals surface area contributed by atoms with Crippen molar-refractivity contribution in [1.82, 2.24) is 0 Å². The van der Waals surface area contributed by atoms with Gasteiger partial charge in [-0.2, -0.15) is 0 Å². The van der Waals surface area contributed by atoms with Gasteiger partial charge in [-0.25, -0.2) is 0 Å². The molecule has 2 aromatic rings. The maximum atomic E-state index is 6.22. The average Bonchev–Trinajstić information content (AvgIpc) is 2.93. The highest BCUT2D eigenvalue weighted by Crippen LogP contribution is 2.47. The monoisotopic (exact) mass is 325 g/mol. The number of hydrogen-bond acceptors (Lipinski definition) is 3. The zero-order valence-corrected chi connectivity index (χ0v) is 15.5. The van der Waals surface area contributed by atoms with Gasteiger partial charge in [0.2, 0.25) is 0 Å². The predicted octanol–water partition coefficient (Wildman–Crippen LogP) is 5.72. The lowest BCUT2D eigenvalue weighted by Gasteiger charge is -2.38. The number of para-hydroxylation sites is 3. The molecule has 1 unspecified atom stereocenters. The lowest BCUT2D eigenvalue weighted by atomic mass is 10.0.